The Morgan fingerprint density at radius 1 is 0.950 bits per heavy atom. The minimum Gasteiger partial charge on any atom is -1.00 e. The highest BCUT2D eigenvalue weighted by Gasteiger charge is 2.49. The zero-order chi connectivity index (χ0) is 27.1. The molecule has 3 aromatic carbocycles. The number of rotatable bonds is 11. The first kappa shape index (κ1) is 29.7. The van der Waals surface area contributed by atoms with Gasteiger partial charge >= 0.3 is 5.97 Å². The summed E-state index contributed by atoms with van der Waals surface area (Å²) >= 11 is 0. The molecule has 0 radical (unpaired) electrons. The van der Waals surface area contributed by atoms with E-state index < -0.39 is 5.60 Å². The van der Waals surface area contributed by atoms with Crippen molar-refractivity contribution in [1.82, 2.24) is 9.47 Å². The number of esters is 1. The number of aromatic nitrogens is 2. The second kappa shape index (κ2) is 13.9. The number of hydrogen-bond acceptors (Lipinski definition) is 4. The molecule has 1 aliphatic rings. The summed E-state index contributed by atoms with van der Waals surface area (Å²) in [6.07, 6.45) is 8.46. The summed E-state index contributed by atoms with van der Waals surface area (Å²) in [5, 5.41) is 12.6. The molecule has 1 aromatic heterocycles. The van der Waals surface area contributed by atoms with E-state index in [0.717, 1.165) is 36.1 Å². The van der Waals surface area contributed by atoms with Gasteiger partial charge in [-0.1, -0.05) is 91.0 Å². The quantitative estimate of drug-likeness (QED) is 0.161. The van der Waals surface area contributed by atoms with Gasteiger partial charge in [0, 0.05) is 25.9 Å². The molecule has 1 fully saturated rings. The van der Waals surface area contributed by atoms with Crippen molar-refractivity contribution in [2.24, 2.45) is 7.05 Å². The van der Waals surface area contributed by atoms with Crippen LogP contribution in [-0.4, -0.2) is 39.2 Å². The van der Waals surface area contributed by atoms with Gasteiger partial charge in [0.2, 0.25) is 6.33 Å². The summed E-state index contributed by atoms with van der Waals surface area (Å²) in [6, 6.07) is 29.7. The van der Waals surface area contributed by atoms with Crippen molar-refractivity contribution in [2.45, 2.75) is 56.5 Å². The van der Waals surface area contributed by atoms with Gasteiger partial charge in [0.15, 0.2) is 0 Å². The van der Waals surface area contributed by atoms with Gasteiger partial charge in [-0.05, 0) is 29.5 Å². The molecule has 5 rings (SSSR count). The average molecular weight is 605 g/mol. The molecule has 2 atom stereocenters. The predicted octanol–water partition coefficient (Wildman–Crippen LogP) is 1.61. The number of aryl methyl sites for hydroxylation is 2. The lowest BCUT2D eigenvalue weighted by Crippen LogP contribution is -3.00. The number of likely N-dealkylation sites (tertiary alicyclic amines) is 1. The summed E-state index contributed by atoms with van der Waals surface area (Å²) in [6.45, 7) is 2.12. The number of halogens is 1. The maximum atomic E-state index is 12.9. The normalized spacial score (nSPS) is 17.4. The van der Waals surface area contributed by atoms with E-state index in [1.807, 2.05) is 109 Å². The number of aliphatic hydroxyl groups is 1. The zero-order valence-electron chi connectivity index (χ0n) is 23.0. The van der Waals surface area contributed by atoms with Crippen molar-refractivity contribution in [1.29, 1.82) is 0 Å². The fraction of sp³-hybridized carbons (Fsp3) is 0.333. The second-order valence-corrected chi connectivity index (χ2v) is 10.6. The van der Waals surface area contributed by atoms with E-state index in [4.69, 9.17) is 4.74 Å². The Labute approximate surface area is 247 Å². The molecule has 0 saturated carbocycles. The van der Waals surface area contributed by atoms with E-state index in [0.29, 0.717) is 25.9 Å². The molecule has 0 bridgehead atoms. The van der Waals surface area contributed by atoms with Gasteiger partial charge in [-0.25, -0.2) is 9.13 Å². The lowest BCUT2D eigenvalue weighted by Gasteiger charge is -2.40. The molecule has 6 nitrogen and oxygen atoms in total. The van der Waals surface area contributed by atoms with Crippen molar-refractivity contribution < 1.29 is 36.2 Å². The third-order valence-corrected chi connectivity index (χ3v) is 7.67. The maximum Gasteiger partial charge on any atom is 0.306 e. The first-order valence-electron chi connectivity index (χ1n) is 13.8. The number of carbonyl (C=O) groups excluding carboxylic acids is 1. The largest absolute Gasteiger partial charge is 1.00 e. The highest BCUT2D eigenvalue weighted by atomic mass is 79.9. The second-order valence-electron chi connectivity index (χ2n) is 10.6. The average Bonchev–Trinajstić information content (AvgIpc) is 3.57. The van der Waals surface area contributed by atoms with Crippen molar-refractivity contribution in [3.8, 4) is 0 Å². The van der Waals surface area contributed by atoms with Crippen LogP contribution in [0.4, 0.5) is 0 Å². The van der Waals surface area contributed by atoms with E-state index >= 15 is 0 Å². The summed E-state index contributed by atoms with van der Waals surface area (Å²) < 4.78 is 10.2. The Balaban J connectivity index is 0.00000370. The number of benzene rings is 3. The summed E-state index contributed by atoms with van der Waals surface area (Å²) in [7, 11) is 2.00. The standard InChI is InChI=1S/C33H38N3O3.BrH/c1-34-21-22-35(26-34)20-12-11-19-32(37)39-30-23-31(36(25-30)24-27-13-5-2-6-14-27)33(38,28-15-7-3-8-16-28)29-17-9-4-10-18-29;/h2-10,13-18,21-22,26,30-31,38H,11-12,19-20,23-25H2,1H3;1H/q+1;/p-1/t30-,31-;/m1./s1. The molecule has 40 heavy (non-hydrogen) atoms. The molecular weight excluding hydrogens is 566 g/mol. The number of nitrogens with zero attached hydrogens (tertiary/aromatic N) is 3. The van der Waals surface area contributed by atoms with Gasteiger partial charge < -0.3 is 26.8 Å². The van der Waals surface area contributed by atoms with Gasteiger partial charge in [-0.3, -0.25) is 9.69 Å². The van der Waals surface area contributed by atoms with Crippen molar-refractivity contribution >= 4 is 5.97 Å². The predicted molar refractivity (Wildman–Crippen MR) is 150 cm³/mol. The van der Waals surface area contributed by atoms with Crippen molar-refractivity contribution in [3.63, 3.8) is 0 Å². The Kier molecular flexibility index (Phi) is 10.3. The number of unbranched alkanes of at least 4 members (excludes halogenated alkanes) is 1. The molecule has 0 unspecified atom stereocenters. The van der Waals surface area contributed by atoms with E-state index in [2.05, 4.69) is 21.6 Å². The van der Waals surface area contributed by atoms with Crippen LogP contribution in [0.25, 0.3) is 0 Å². The number of hydrogen-bond donors (Lipinski definition) is 1. The van der Waals surface area contributed by atoms with Crippen LogP contribution >= 0.6 is 0 Å². The van der Waals surface area contributed by atoms with Crippen molar-refractivity contribution in [2.75, 3.05) is 6.54 Å². The van der Waals surface area contributed by atoms with E-state index in [9.17, 15) is 9.90 Å². The number of ether oxygens (including phenoxy) is 1. The highest BCUT2D eigenvalue weighted by molar-refractivity contribution is 5.69. The third kappa shape index (κ3) is 7.08. The first-order chi connectivity index (χ1) is 19.0. The molecule has 1 N–H and O–H groups in total. The molecule has 1 saturated heterocycles. The lowest BCUT2D eigenvalue weighted by molar-refractivity contribution is -0.671. The van der Waals surface area contributed by atoms with E-state index in [1.165, 1.54) is 0 Å². The maximum absolute atomic E-state index is 12.9. The number of carbonyl (C=O) groups is 1. The van der Waals surface area contributed by atoms with Gasteiger partial charge in [-0.15, -0.1) is 0 Å². The molecule has 2 heterocycles. The zero-order valence-corrected chi connectivity index (χ0v) is 24.6. The summed E-state index contributed by atoms with van der Waals surface area (Å²) in [5.74, 6) is -0.165. The monoisotopic (exact) mass is 603 g/mol. The molecule has 0 spiro atoms. The van der Waals surface area contributed by atoms with Crippen molar-refractivity contribution in [3.05, 3.63) is 126 Å². The van der Waals surface area contributed by atoms with Gasteiger partial charge in [0.05, 0.1) is 19.6 Å². The topological polar surface area (TPSA) is 58.6 Å². The van der Waals surface area contributed by atoms with Crippen LogP contribution in [0, 0.1) is 0 Å². The lowest BCUT2D eigenvalue weighted by atomic mass is 9.78. The fourth-order valence-corrected chi connectivity index (χ4v) is 5.75. The summed E-state index contributed by atoms with van der Waals surface area (Å²) in [4.78, 5) is 15.1. The molecule has 0 amide bonds. The minimum absolute atomic E-state index is 0. The van der Waals surface area contributed by atoms with Gasteiger partial charge in [-0.2, -0.15) is 0 Å². The van der Waals surface area contributed by atoms with Crippen LogP contribution in [-0.2, 0) is 35.3 Å². The van der Waals surface area contributed by atoms with E-state index in [1.54, 1.807) is 0 Å². The minimum atomic E-state index is -1.26. The van der Waals surface area contributed by atoms with Crippen LogP contribution in [0.3, 0.4) is 0 Å². The SMILES string of the molecule is C[n+]1ccn(CCCCC(=O)O[C@@H]2C[C@H](C(O)(c3ccccc3)c3ccccc3)N(Cc3ccccc3)C2)c1.[Br-]. The van der Waals surface area contributed by atoms with Crippen LogP contribution in [0.1, 0.15) is 42.4 Å². The molecule has 0 aliphatic carbocycles. The molecule has 4 aromatic rings. The first-order valence-corrected chi connectivity index (χ1v) is 13.8. The molecule has 1 aliphatic heterocycles. The van der Waals surface area contributed by atoms with Crippen LogP contribution in [0.2, 0.25) is 0 Å². The van der Waals surface area contributed by atoms with E-state index in [-0.39, 0.29) is 35.1 Å². The fourth-order valence-electron chi connectivity index (χ4n) is 5.75. The van der Waals surface area contributed by atoms with Crippen LogP contribution in [0.15, 0.2) is 110 Å². The Bertz CT molecular complexity index is 1290. The molecular formula is C33H38BrN3O3. The van der Waals surface area contributed by atoms with Crippen LogP contribution in [0.5, 0.6) is 0 Å². The smallest absolute Gasteiger partial charge is 0.306 e. The highest BCUT2D eigenvalue weighted by Crippen LogP contribution is 2.41. The third-order valence-electron chi connectivity index (χ3n) is 7.67. The molecule has 7 heteroatoms. The Hall–Kier alpha value is -3.26. The Morgan fingerprint density at radius 3 is 2.12 bits per heavy atom. The number of imidazole rings is 1. The summed E-state index contributed by atoms with van der Waals surface area (Å²) in [5.41, 5.74) is 1.58. The van der Waals surface area contributed by atoms with Gasteiger partial charge in [0.1, 0.15) is 24.1 Å². The Morgan fingerprint density at radius 2 is 1.55 bits per heavy atom. The van der Waals surface area contributed by atoms with Crippen LogP contribution < -0.4 is 21.5 Å². The van der Waals surface area contributed by atoms with Gasteiger partial charge in [0.25, 0.3) is 0 Å². The molecule has 210 valence electrons.